The molecule has 0 radical (unpaired) electrons. The number of aromatic hydroxyl groups is 1. The molecular weight excluding hydrogens is 445 g/mol. The number of phenolic OH excluding ortho intramolecular Hbond substituents is 1. The largest absolute Gasteiger partial charge is 0.508 e. The van der Waals surface area contributed by atoms with Gasteiger partial charge in [0.2, 0.25) is 0 Å². The number of nitrogens with two attached hydrogens (primary N) is 1. The molecule has 0 aliphatic rings. The van der Waals surface area contributed by atoms with Crippen molar-refractivity contribution < 1.29 is 32.4 Å². The van der Waals surface area contributed by atoms with Gasteiger partial charge >= 0.3 is 6.18 Å². The van der Waals surface area contributed by atoms with E-state index in [1.807, 2.05) is 0 Å². The summed E-state index contributed by atoms with van der Waals surface area (Å²) in [4.78, 5) is 11.2. The number of rotatable bonds is 9. The van der Waals surface area contributed by atoms with E-state index >= 15 is 0 Å². The zero-order valence-electron chi connectivity index (χ0n) is 17.8. The number of ketones is 1. The summed E-state index contributed by atoms with van der Waals surface area (Å²) in [6.07, 6.45) is -6.11. The van der Waals surface area contributed by atoms with Crippen LogP contribution in [0, 0.1) is 11.7 Å². The molecule has 5 N–H and O–H groups in total. The van der Waals surface area contributed by atoms with Gasteiger partial charge in [-0.15, -0.1) is 0 Å². The molecule has 176 valence electrons. The van der Waals surface area contributed by atoms with Crippen LogP contribution < -0.4 is 5.73 Å². The Morgan fingerprint density at radius 2 is 1.69 bits per heavy atom. The smallest absolute Gasteiger partial charge is 0.421 e. The predicted molar refractivity (Wildman–Crippen MR) is 117 cm³/mol. The number of alkyl halides is 3. The van der Waals surface area contributed by atoms with Crippen molar-refractivity contribution in [2.45, 2.75) is 44.5 Å². The van der Waals surface area contributed by atoms with Crippen LogP contribution >= 0.6 is 0 Å². The Hall–Kier alpha value is -2.43. The molecule has 0 spiro atoms. The number of phenols is 1. The first-order chi connectivity index (χ1) is 14.7. The van der Waals surface area contributed by atoms with Crippen molar-refractivity contribution in [1.29, 1.82) is 4.78 Å². The van der Waals surface area contributed by atoms with Crippen molar-refractivity contribution in [3.05, 3.63) is 53.6 Å². The molecule has 2 unspecified atom stereocenters. The third-order valence-electron chi connectivity index (χ3n) is 5.44. The molecule has 6 nitrogen and oxygen atoms in total. The van der Waals surface area contributed by atoms with Crippen molar-refractivity contribution in [3.63, 3.8) is 0 Å². The summed E-state index contributed by atoms with van der Waals surface area (Å²) in [5, 5.41) is 20.2. The Labute approximate surface area is 185 Å². The first-order valence-electron chi connectivity index (χ1n) is 9.86. The number of carbonyl (C=O) groups is 1. The van der Waals surface area contributed by atoms with Crippen LogP contribution in [0.5, 0.6) is 5.75 Å². The van der Waals surface area contributed by atoms with Gasteiger partial charge in [0.05, 0.1) is 6.04 Å². The highest BCUT2D eigenvalue weighted by atomic mass is 32.2. The number of Topliss-reactive ketones (excluding diaryl/α,β-unsaturated/α-hetero) is 1. The molecule has 10 heteroatoms. The SMILES string of the molecule is CC(=O)[C@@H](N)CCS(=N)(=O)CCC(O)(c1ccc(-c2ccc(O)c(C)c2)cc1)C(F)(F)F. The summed E-state index contributed by atoms with van der Waals surface area (Å²) in [5.41, 5.74) is 3.70. The second-order valence-electron chi connectivity index (χ2n) is 7.91. The Morgan fingerprint density at radius 1 is 1.12 bits per heavy atom. The average Bonchev–Trinajstić information content (AvgIpc) is 2.71. The second kappa shape index (κ2) is 9.60. The highest BCUT2D eigenvalue weighted by Crippen LogP contribution is 2.42. The van der Waals surface area contributed by atoms with Gasteiger partial charge < -0.3 is 15.9 Å². The summed E-state index contributed by atoms with van der Waals surface area (Å²) >= 11 is 0. The quantitative estimate of drug-likeness (QED) is 0.441. The van der Waals surface area contributed by atoms with Crippen LogP contribution in [0.25, 0.3) is 11.1 Å². The van der Waals surface area contributed by atoms with Gasteiger partial charge in [0.25, 0.3) is 0 Å². The summed E-state index contributed by atoms with van der Waals surface area (Å²) < 4.78 is 61.7. The molecule has 0 saturated carbocycles. The molecule has 0 aliphatic heterocycles. The summed E-state index contributed by atoms with van der Waals surface area (Å²) in [6.45, 7) is 2.93. The lowest BCUT2D eigenvalue weighted by molar-refractivity contribution is -0.267. The lowest BCUT2D eigenvalue weighted by atomic mass is 9.89. The average molecular weight is 473 g/mol. The van der Waals surface area contributed by atoms with Crippen molar-refractivity contribution in [3.8, 4) is 16.9 Å². The summed E-state index contributed by atoms with van der Waals surface area (Å²) in [6, 6.07) is 8.97. The van der Waals surface area contributed by atoms with Crippen LogP contribution in [-0.2, 0) is 20.1 Å². The van der Waals surface area contributed by atoms with E-state index in [1.165, 1.54) is 25.1 Å². The molecule has 0 aromatic heterocycles. The number of halogens is 3. The van der Waals surface area contributed by atoms with Crippen molar-refractivity contribution in [2.24, 2.45) is 5.73 Å². The fourth-order valence-corrected chi connectivity index (χ4v) is 4.62. The minimum atomic E-state index is -5.06. The Morgan fingerprint density at radius 3 is 2.19 bits per heavy atom. The van der Waals surface area contributed by atoms with E-state index in [4.69, 9.17) is 10.5 Å². The number of aryl methyl sites for hydroxylation is 1. The highest BCUT2D eigenvalue weighted by molar-refractivity contribution is 7.92. The molecular formula is C22H27F3N2O4S. The van der Waals surface area contributed by atoms with Gasteiger partial charge in [-0.1, -0.05) is 30.3 Å². The van der Waals surface area contributed by atoms with Crippen LogP contribution in [0.3, 0.4) is 0 Å². The Bertz CT molecular complexity index is 1070. The van der Waals surface area contributed by atoms with Gasteiger partial charge in [0.15, 0.2) is 5.60 Å². The maximum atomic E-state index is 13.8. The first kappa shape index (κ1) is 25.8. The van der Waals surface area contributed by atoms with Crippen LogP contribution in [0.4, 0.5) is 13.2 Å². The van der Waals surface area contributed by atoms with Gasteiger partial charge in [-0.05, 0) is 54.7 Å². The fourth-order valence-electron chi connectivity index (χ4n) is 3.16. The molecule has 0 bridgehead atoms. The molecule has 0 saturated heterocycles. The van der Waals surface area contributed by atoms with E-state index in [0.29, 0.717) is 16.7 Å². The van der Waals surface area contributed by atoms with Crippen LogP contribution in [0.1, 0.15) is 30.9 Å². The van der Waals surface area contributed by atoms with Gasteiger partial charge in [-0.25, -0.2) is 4.21 Å². The number of hydrogen-bond donors (Lipinski definition) is 4. The number of aliphatic hydroxyl groups is 1. The lowest BCUT2D eigenvalue weighted by Crippen LogP contribution is -2.44. The normalized spacial score (nSPS) is 16.7. The third kappa shape index (κ3) is 6.08. The Kier molecular flexibility index (Phi) is 7.75. The third-order valence-corrected chi connectivity index (χ3v) is 7.19. The Balaban J connectivity index is 2.25. The van der Waals surface area contributed by atoms with Gasteiger partial charge in [0.1, 0.15) is 11.5 Å². The number of hydrogen-bond acceptors (Lipinski definition) is 6. The number of nitrogens with one attached hydrogen (secondary N) is 1. The standard InChI is InChI=1S/C22H27F3N2O4S/c1-14-13-17(5-8-20(14)29)16-3-6-18(7-4-16)21(30,22(23,24)25)10-12-32(27,31)11-9-19(26)15(2)28/h3-8,13,19,27,29-30H,9-12,26H2,1-2H3/t19-,21?,32?/m0/s1. The van der Waals surface area contributed by atoms with Gasteiger partial charge in [-0.2, -0.15) is 13.2 Å². The van der Waals surface area contributed by atoms with E-state index in [2.05, 4.69) is 0 Å². The van der Waals surface area contributed by atoms with Gasteiger partial charge in [0, 0.05) is 27.7 Å². The van der Waals surface area contributed by atoms with E-state index in [9.17, 15) is 32.4 Å². The molecule has 0 heterocycles. The number of carbonyl (C=O) groups excluding carboxylic acids is 1. The minimum Gasteiger partial charge on any atom is -0.508 e. The second-order valence-corrected chi connectivity index (χ2v) is 10.4. The predicted octanol–water partition coefficient (Wildman–Crippen LogP) is 3.86. The van der Waals surface area contributed by atoms with Gasteiger partial charge in [-0.3, -0.25) is 9.57 Å². The monoisotopic (exact) mass is 472 g/mol. The van der Waals surface area contributed by atoms with E-state index in [1.54, 1.807) is 19.1 Å². The van der Waals surface area contributed by atoms with Crippen LogP contribution in [0.2, 0.25) is 0 Å². The maximum Gasteiger partial charge on any atom is 0.421 e. The van der Waals surface area contributed by atoms with Crippen LogP contribution in [-0.4, -0.2) is 43.9 Å². The van der Waals surface area contributed by atoms with E-state index in [0.717, 1.165) is 12.1 Å². The first-order valence-corrected chi connectivity index (χ1v) is 11.8. The van der Waals surface area contributed by atoms with E-state index in [-0.39, 0.29) is 23.7 Å². The topological polar surface area (TPSA) is 124 Å². The summed E-state index contributed by atoms with van der Waals surface area (Å²) in [7, 11) is -3.49. The van der Waals surface area contributed by atoms with Crippen LogP contribution in [0.15, 0.2) is 42.5 Å². The fraction of sp³-hybridized carbons (Fsp3) is 0.409. The van der Waals surface area contributed by atoms with Crippen molar-refractivity contribution >= 4 is 15.5 Å². The highest BCUT2D eigenvalue weighted by Gasteiger charge is 2.54. The molecule has 32 heavy (non-hydrogen) atoms. The minimum absolute atomic E-state index is 0.0805. The van der Waals surface area contributed by atoms with Crippen molar-refractivity contribution in [2.75, 3.05) is 11.5 Å². The molecule has 2 aromatic carbocycles. The molecule has 2 aromatic rings. The van der Waals surface area contributed by atoms with Crippen molar-refractivity contribution in [1.82, 2.24) is 0 Å². The zero-order valence-corrected chi connectivity index (χ0v) is 18.6. The number of benzene rings is 2. The zero-order chi connectivity index (χ0) is 24.3. The molecule has 0 amide bonds. The molecule has 2 rings (SSSR count). The lowest BCUT2D eigenvalue weighted by Gasteiger charge is -2.31. The molecule has 0 aliphatic carbocycles. The van der Waals surface area contributed by atoms with E-state index < -0.39 is 45.3 Å². The maximum absolute atomic E-state index is 13.8. The molecule has 0 fully saturated rings. The summed E-state index contributed by atoms with van der Waals surface area (Å²) in [5.74, 6) is -1.30. The molecule has 3 atom stereocenters.